The molecule has 2 aliphatic heterocycles. The average Bonchev–Trinajstić information content (AvgIpc) is 3.01. The van der Waals surface area contributed by atoms with Crippen molar-refractivity contribution in [3.8, 4) is 0 Å². The van der Waals surface area contributed by atoms with E-state index < -0.39 is 0 Å². The fraction of sp³-hybridized carbons (Fsp3) is 1.00. The fourth-order valence-electron chi connectivity index (χ4n) is 4.79. The second-order valence-electron chi connectivity index (χ2n) is 7.09. The Bertz CT molecular complexity index is 264. The topological polar surface area (TPSA) is 15.3 Å². The van der Waals surface area contributed by atoms with Gasteiger partial charge >= 0.3 is 0 Å². The van der Waals surface area contributed by atoms with Crippen LogP contribution in [-0.4, -0.2) is 36.1 Å². The van der Waals surface area contributed by atoms with Crippen LogP contribution in [0.25, 0.3) is 0 Å². The van der Waals surface area contributed by atoms with Gasteiger partial charge in [-0.25, -0.2) is 0 Å². The van der Waals surface area contributed by atoms with Crippen LogP contribution in [0.3, 0.4) is 0 Å². The van der Waals surface area contributed by atoms with Crippen molar-refractivity contribution in [2.45, 2.75) is 89.3 Å². The predicted molar refractivity (Wildman–Crippen MR) is 81.4 cm³/mol. The van der Waals surface area contributed by atoms with Gasteiger partial charge in [-0.2, -0.15) is 0 Å². The molecule has 1 N–H and O–H groups in total. The largest absolute Gasteiger partial charge is 0.312 e. The van der Waals surface area contributed by atoms with Gasteiger partial charge in [-0.15, -0.1) is 0 Å². The van der Waals surface area contributed by atoms with Gasteiger partial charge in [0.1, 0.15) is 0 Å². The fourth-order valence-corrected chi connectivity index (χ4v) is 4.79. The van der Waals surface area contributed by atoms with E-state index in [9.17, 15) is 0 Å². The Morgan fingerprint density at radius 1 is 0.947 bits per heavy atom. The Balaban J connectivity index is 1.60. The van der Waals surface area contributed by atoms with E-state index in [4.69, 9.17) is 0 Å². The van der Waals surface area contributed by atoms with Crippen molar-refractivity contribution in [2.24, 2.45) is 5.92 Å². The molecule has 0 radical (unpaired) electrons. The van der Waals surface area contributed by atoms with Gasteiger partial charge in [0, 0.05) is 18.1 Å². The minimum Gasteiger partial charge on any atom is -0.312 e. The van der Waals surface area contributed by atoms with Crippen LogP contribution in [0.2, 0.25) is 0 Å². The molecule has 2 heterocycles. The standard InChI is InChI=1S/C17H32N2/c1-2-14-8-10-15(11-9-14)19-13-4-3-7-17(19)16-6-5-12-18-16/h14-18H,2-13H2,1H3. The second-order valence-corrected chi connectivity index (χ2v) is 7.09. The minimum absolute atomic E-state index is 0.809. The van der Waals surface area contributed by atoms with Crippen LogP contribution < -0.4 is 5.32 Å². The number of hydrogen-bond acceptors (Lipinski definition) is 2. The zero-order valence-corrected chi connectivity index (χ0v) is 12.7. The summed E-state index contributed by atoms with van der Waals surface area (Å²) < 4.78 is 0. The average molecular weight is 264 g/mol. The molecule has 1 aliphatic carbocycles. The Hall–Kier alpha value is -0.0800. The molecule has 0 spiro atoms. The molecule has 0 bridgehead atoms. The summed E-state index contributed by atoms with van der Waals surface area (Å²) in [7, 11) is 0. The van der Waals surface area contributed by atoms with E-state index in [0.29, 0.717) is 0 Å². The Kier molecular flexibility index (Phi) is 4.81. The molecule has 3 aliphatic rings. The van der Waals surface area contributed by atoms with Crippen LogP contribution in [0.15, 0.2) is 0 Å². The highest BCUT2D eigenvalue weighted by molar-refractivity contribution is 4.94. The Morgan fingerprint density at radius 3 is 2.47 bits per heavy atom. The van der Waals surface area contributed by atoms with Gasteiger partial charge in [-0.05, 0) is 70.4 Å². The van der Waals surface area contributed by atoms with E-state index in [1.54, 1.807) is 0 Å². The van der Waals surface area contributed by atoms with Gasteiger partial charge in [0.05, 0.1) is 0 Å². The molecule has 2 nitrogen and oxygen atoms in total. The molecule has 2 atom stereocenters. The summed E-state index contributed by atoms with van der Waals surface area (Å²) >= 11 is 0. The molecule has 2 unspecified atom stereocenters. The molecule has 1 saturated carbocycles. The molecular formula is C17H32N2. The predicted octanol–water partition coefficient (Wildman–Crippen LogP) is 3.56. The van der Waals surface area contributed by atoms with Crippen LogP contribution in [0, 0.1) is 5.92 Å². The normalized spacial score (nSPS) is 41.5. The van der Waals surface area contributed by atoms with Gasteiger partial charge in [0.2, 0.25) is 0 Å². The number of nitrogens with one attached hydrogen (secondary N) is 1. The highest BCUT2D eigenvalue weighted by Gasteiger charge is 2.36. The first kappa shape index (κ1) is 13.9. The minimum atomic E-state index is 0.809. The van der Waals surface area contributed by atoms with E-state index in [1.807, 2.05) is 0 Å². The maximum Gasteiger partial charge on any atom is 0.0252 e. The number of piperidine rings is 1. The summed E-state index contributed by atoms with van der Waals surface area (Å²) in [5.74, 6) is 1.03. The maximum absolute atomic E-state index is 3.77. The summed E-state index contributed by atoms with van der Waals surface area (Å²) in [5, 5.41) is 3.77. The maximum atomic E-state index is 3.77. The first-order valence-electron chi connectivity index (χ1n) is 8.87. The lowest BCUT2D eigenvalue weighted by Gasteiger charge is -2.46. The van der Waals surface area contributed by atoms with Gasteiger partial charge in [-0.1, -0.05) is 19.8 Å². The number of likely N-dealkylation sites (tertiary alicyclic amines) is 1. The number of hydrogen-bond donors (Lipinski definition) is 1. The van der Waals surface area contributed by atoms with Crippen LogP contribution >= 0.6 is 0 Å². The van der Waals surface area contributed by atoms with E-state index in [0.717, 1.165) is 24.0 Å². The van der Waals surface area contributed by atoms with Crippen molar-refractivity contribution >= 4 is 0 Å². The van der Waals surface area contributed by atoms with Gasteiger partial charge < -0.3 is 5.32 Å². The lowest BCUT2D eigenvalue weighted by atomic mass is 9.82. The first-order chi connectivity index (χ1) is 9.38. The third kappa shape index (κ3) is 3.16. The molecule has 3 rings (SSSR count). The van der Waals surface area contributed by atoms with Crippen molar-refractivity contribution in [1.82, 2.24) is 10.2 Å². The Labute approximate surface area is 119 Å². The van der Waals surface area contributed by atoms with Crippen LogP contribution in [-0.2, 0) is 0 Å². The molecule has 110 valence electrons. The van der Waals surface area contributed by atoms with Crippen LogP contribution in [0.4, 0.5) is 0 Å². The Morgan fingerprint density at radius 2 is 1.79 bits per heavy atom. The molecule has 0 amide bonds. The SMILES string of the molecule is CCC1CCC(N2CCCCC2C2CCCN2)CC1. The lowest BCUT2D eigenvalue weighted by molar-refractivity contribution is 0.0460. The number of rotatable bonds is 3. The summed E-state index contributed by atoms with van der Waals surface area (Å²) in [5.41, 5.74) is 0. The monoisotopic (exact) mass is 264 g/mol. The van der Waals surface area contributed by atoms with Gasteiger partial charge in [0.25, 0.3) is 0 Å². The third-order valence-electron chi connectivity index (χ3n) is 6.02. The van der Waals surface area contributed by atoms with Crippen LogP contribution in [0.5, 0.6) is 0 Å². The zero-order chi connectivity index (χ0) is 13.1. The van der Waals surface area contributed by atoms with Gasteiger partial charge in [0.15, 0.2) is 0 Å². The van der Waals surface area contributed by atoms with E-state index in [2.05, 4.69) is 17.1 Å². The highest BCUT2D eigenvalue weighted by Crippen LogP contribution is 2.34. The molecule has 19 heavy (non-hydrogen) atoms. The first-order valence-corrected chi connectivity index (χ1v) is 8.87. The van der Waals surface area contributed by atoms with Crippen molar-refractivity contribution in [3.63, 3.8) is 0 Å². The third-order valence-corrected chi connectivity index (χ3v) is 6.02. The summed E-state index contributed by atoms with van der Waals surface area (Å²) in [6.45, 7) is 5.01. The second kappa shape index (κ2) is 6.58. The van der Waals surface area contributed by atoms with E-state index >= 15 is 0 Å². The molecule has 2 saturated heterocycles. The lowest BCUT2D eigenvalue weighted by Crippen LogP contribution is -2.54. The highest BCUT2D eigenvalue weighted by atomic mass is 15.2. The van der Waals surface area contributed by atoms with E-state index in [1.165, 1.54) is 77.3 Å². The van der Waals surface area contributed by atoms with Crippen molar-refractivity contribution in [3.05, 3.63) is 0 Å². The van der Waals surface area contributed by atoms with E-state index in [-0.39, 0.29) is 0 Å². The summed E-state index contributed by atoms with van der Waals surface area (Å²) in [6.07, 6.45) is 14.5. The number of nitrogens with zero attached hydrogens (tertiary/aromatic N) is 1. The van der Waals surface area contributed by atoms with Crippen molar-refractivity contribution < 1.29 is 0 Å². The van der Waals surface area contributed by atoms with Crippen LogP contribution in [0.1, 0.15) is 71.1 Å². The molecule has 0 aromatic carbocycles. The molecular weight excluding hydrogens is 232 g/mol. The summed E-state index contributed by atoms with van der Waals surface area (Å²) in [6, 6.07) is 2.58. The molecule has 2 heteroatoms. The smallest absolute Gasteiger partial charge is 0.0252 e. The molecule has 0 aromatic heterocycles. The summed E-state index contributed by atoms with van der Waals surface area (Å²) in [4.78, 5) is 2.93. The quantitative estimate of drug-likeness (QED) is 0.838. The van der Waals surface area contributed by atoms with Crippen molar-refractivity contribution in [2.75, 3.05) is 13.1 Å². The molecule has 3 fully saturated rings. The zero-order valence-electron chi connectivity index (χ0n) is 12.7. The van der Waals surface area contributed by atoms with Crippen molar-refractivity contribution in [1.29, 1.82) is 0 Å². The van der Waals surface area contributed by atoms with Gasteiger partial charge in [-0.3, -0.25) is 4.90 Å². The molecule has 0 aromatic rings.